The first-order valence-electron chi connectivity index (χ1n) is 13.0. The largest absolute Gasteiger partial charge is 0.393 e. The van der Waals surface area contributed by atoms with Crippen molar-refractivity contribution in [2.24, 2.45) is 5.41 Å². The van der Waals surface area contributed by atoms with Crippen molar-refractivity contribution >= 4 is 23.4 Å². The van der Waals surface area contributed by atoms with Gasteiger partial charge < -0.3 is 20.2 Å². The number of hydrogen-bond donors (Lipinski definition) is 2. The number of rotatable bonds is 5. The van der Waals surface area contributed by atoms with Gasteiger partial charge in [-0.2, -0.15) is 0 Å². The zero-order chi connectivity index (χ0) is 25.0. The molecule has 2 saturated heterocycles. The third-order valence-corrected chi connectivity index (χ3v) is 8.39. The van der Waals surface area contributed by atoms with E-state index in [1.807, 2.05) is 30.0 Å². The number of fused-ring (bicyclic) bond motifs is 3. The second kappa shape index (κ2) is 8.69. The molecule has 10 nitrogen and oxygen atoms in total. The highest BCUT2D eigenvalue weighted by Gasteiger charge is 2.59. The highest BCUT2D eigenvalue weighted by molar-refractivity contribution is 6.13. The molecule has 3 atom stereocenters. The van der Waals surface area contributed by atoms with Crippen LogP contribution in [0.2, 0.25) is 0 Å². The monoisotopic (exact) mass is 492 g/mol. The number of nitrogens with one attached hydrogen (secondary N) is 1. The summed E-state index contributed by atoms with van der Waals surface area (Å²) in [5.41, 5.74) is 0.953. The van der Waals surface area contributed by atoms with Gasteiger partial charge in [0.1, 0.15) is 11.1 Å². The molecule has 2 N–H and O–H groups in total. The van der Waals surface area contributed by atoms with Gasteiger partial charge in [0.05, 0.1) is 24.3 Å². The highest BCUT2D eigenvalue weighted by atomic mass is 16.3. The smallest absolute Gasteiger partial charge is 0.240 e. The van der Waals surface area contributed by atoms with Gasteiger partial charge in [-0.15, -0.1) is 5.10 Å². The third-order valence-electron chi connectivity index (χ3n) is 8.39. The number of aliphatic hydroxyl groups is 1. The number of nitrogens with zero attached hydrogens (tertiary/aromatic N) is 5. The van der Waals surface area contributed by atoms with E-state index in [-0.39, 0.29) is 49.0 Å². The lowest BCUT2D eigenvalue weighted by Gasteiger charge is -2.41. The molecular formula is C26H32N6O4. The molecule has 6 rings (SSSR count). The zero-order valence-corrected chi connectivity index (χ0v) is 20.5. The summed E-state index contributed by atoms with van der Waals surface area (Å²) in [6, 6.07) is 9.19. The second-order valence-electron chi connectivity index (χ2n) is 10.6. The van der Waals surface area contributed by atoms with Gasteiger partial charge in [0.25, 0.3) is 0 Å². The summed E-state index contributed by atoms with van der Waals surface area (Å²) in [7, 11) is 0. The summed E-state index contributed by atoms with van der Waals surface area (Å²) in [4.78, 5) is 44.6. The first-order valence-corrected chi connectivity index (χ1v) is 13.0. The molecule has 4 aliphatic rings. The fourth-order valence-corrected chi connectivity index (χ4v) is 6.41. The van der Waals surface area contributed by atoms with Crippen LogP contribution in [0.3, 0.4) is 0 Å². The number of amides is 3. The number of piperidine rings is 1. The van der Waals surface area contributed by atoms with Gasteiger partial charge in [-0.3, -0.25) is 14.4 Å². The number of aromatic nitrogens is 3. The highest BCUT2D eigenvalue weighted by Crippen LogP contribution is 2.49. The normalized spacial score (nSPS) is 27.9. The van der Waals surface area contributed by atoms with Crippen molar-refractivity contribution in [3.8, 4) is 0 Å². The van der Waals surface area contributed by atoms with Crippen LogP contribution in [0.15, 0.2) is 30.3 Å². The Morgan fingerprint density at radius 3 is 2.44 bits per heavy atom. The molecule has 190 valence electrons. The minimum Gasteiger partial charge on any atom is -0.393 e. The quantitative estimate of drug-likeness (QED) is 0.613. The number of carbonyl (C=O) groups excluding carboxylic acids is 3. The predicted octanol–water partition coefficient (Wildman–Crippen LogP) is 1.66. The van der Waals surface area contributed by atoms with E-state index in [0.717, 1.165) is 18.5 Å². The Morgan fingerprint density at radius 2 is 1.81 bits per heavy atom. The minimum atomic E-state index is -1.10. The van der Waals surface area contributed by atoms with E-state index in [0.29, 0.717) is 43.6 Å². The maximum Gasteiger partial charge on any atom is 0.240 e. The number of carbonyl (C=O) groups is 3. The summed E-state index contributed by atoms with van der Waals surface area (Å²) in [6.45, 7) is 2.98. The fourth-order valence-electron chi connectivity index (χ4n) is 6.41. The zero-order valence-electron chi connectivity index (χ0n) is 20.5. The van der Waals surface area contributed by atoms with Crippen molar-refractivity contribution in [2.75, 3.05) is 11.9 Å². The van der Waals surface area contributed by atoms with Gasteiger partial charge in [-0.05, 0) is 57.6 Å². The summed E-state index contributed by atoms with van der Waals surface area (Å²) in [5.74, 6) is -1.15. The van der Waals surface area contributed by atoms with Crippen molar-refractivity contribution in [3.63, 3.8) is 0 Å². The van der Waals surface area contributed by atoms with Crippen LogP contribution in [0.1, 0.15) is 62.8 Å². The van der Waals surface area contributed by atoms with Gasteiger partial charge >= 0.3 is 0 Å². The molecule has 1 aromatic heterocycles. The van der Waals surface area contributed by atoms with Gasteiger partial charge in [0, 0.05) is 30.9 Å². The topological polar surface area (TPSA) is 121 Å². The standard InChI is InChI=1S/C26H32N6O4/c1-2-31-22-20(23(34)32-17-8-9-18(32)13-19(33)12-17)14-30(15-21(22)28-29-31)25(36)26(10-11-26)24(35)27-16-6-4-3-5-7-16/h3-7,17-20,33H,2,8-15H2,1H3,(H,27,35)/t17-,18-,20+/m0/s1. The van der Waals surface area contributed by atoms with Crippen molar-refractivity contribution in [2.45, 2.75) is 82.6 Å². The number of para-hydroxylation sites is 1. The molecule has 1 saturated carbocycles. The van der Waals surface area contributed by atoms with Crippen LogP contribution < -0.4 is 5.32 Å². The molecule has 0 spiro atoms. The fraction of sp³-hybridized carbons (Fsp3) is 0.577. The van der Waals surface area contributed by atoms with Gasteiger partial charge in [0.2, 0.25) is 17.7 Å². The summed E-state index contributed by atoms with van der Waals surface area (Å²) in [6.07, 6.45) is 3.59. The van der Waals surface area contributed by atoms with E-state index in [2.05, 4.69) is 15.6 Å². The molecule has 1 aromatic carbocycles. The van der Waals surface area contributed by atoms with Crippen molar-refractivity contribution < 1.29 is 19.5 Å². The van der Waals surface area contributed by atoms with Gasteiger partial charge in [0.15, 0.2) is 0 Å². The maximum atomic E-state index is 14.0. The van der Waals surface area contributed by atoms with Crippen LogP contribution in [-0.2, 0) is 27.5 Å². The van der Waals surface area contributed by atoms with E-state index in [9.17, 15) is 19.5 Å². The average molecular weight is 493 g/mol. The lowest BCUT2D eigenvalue weighted by molar-refractivity contribution is -0.145. The van der Waals surface area contributed by atoms with Crippen LogP contribution in [0.25, 0.3) is 0 Å². The second-order valence-corrected chi connectivity index (χ2v) is 10.6. The number of aryl methyl sites for hydroxylation is 1. The summed E-state index contributed by atoms with van der Waals surface area (Å²) in [5, 5.41) is 21.7. The molecule has 0 unspecified atom stereocenters. The minimum absolute atomic E-state index is 0.0243. The Kier molecular flexibility index (Phi) is 5.59. The Labute approximate surface area is 209 Å². The van der Waals surface area contributed by atoms with Crippen LogP contribution in [0.5, 0.6) is 0 Å². The Hall–Kier alpha value is -3.27. The molecule has 10 heteroatoms. The van der Waals surface area contributed by atoms with E-state index in [1.54, 1.807) is 21.7 Å². The molecule has 1 aliphatic carbocycles. The molecule has 2 aromatic rings. The maximum absolute atomic E-state index is 14.0. The third kappa shape index (κ3) is 3.70. The van der Waals surface area contributed by atoms with Gasteiger partial charge in [-0.1, -0.05) is 23.4 Å². The molecule has 4 heterocycles. The number of aliphatic hydroxyl groups excluding tert-OH is 1. The summed E-state index contributed by atoms with van der Waals surface area (Å²) < 4.78 is 1.76. The van der Waals surface area contributed by atoms with Crippen molar-refractivity contribution in [1.29, 1.82) is 0 Å². The predicted molar refractivity (Wildman–Crippen MR) is 129 cm³/mol. The number of hydrogen-bond acceptors (Lipinski definition) is 6. The van der Waals surface area contributed by atoms with Gasteiger partial charge in [-0.25, -0.2) is 4.68 Å². The lowest BCUT2D eigenvalue weighted by Crippen LogP contribution is -2.53. The van der Waals surface area contributed by atoms with E-state index < -0.39 is 11.3 Å². The Morgan fingerprint density at radius 1 is 1.11 bits per heavy atom. The first-order chi connectivity index (χ1) is 17.4. The Balaban J connectivity index is 1.27. The van der Waals surface area contributed by atoms with Crippen LogP contribution in [-0.4, -0.2) is 72.4 Å². The first kappa shape index (κ1) is 23.1. The van der Waals surface area contributed by atoms with Crippen molar-refractivity contribution in [3.05, 3.63) is 41.7 Å². The Bertz CT molecular complexity index is 1180. The lowest BCUT2D eigenvalue weighted by atomic mass is 9.91. The number of anilines is 1. The average Bonchev–Trinajstić information content (AvgIpc) is 3.52. The van der Waals surface area contributed by atoms with E-state index in [1.165, 1.54) is 0 Å². The molecule has 36 heavy (non-hydrogen) atoms. The molecule has 2 bridgehead atoms. The molecule has 3 amide bonds. The van der Waals surface area contributed by atoms with Crippen LogP contribution in [0.4, 0.5) is 5.69 Å². The molecular weight excluding hydrogens is 460 g/mol. The van der Waals surface area contributed by atoms with Crippen LogP contribution >= 0.6 is 0 Å². The molecule has 3 fully saturated rings. The van der Waals surface area contributed by atoms with Crippen molar-refractivity contribution in [1.82, 2.24) is 24.8 Å². The van der Waals surface area contributed by atoms with Crippen LogP contribution in [0, 0.1) is 5.41 Å². The SMILES string of the molecule is CCn1nnc2c1[C@H](C(=O)N1[C@H]3CC[C@H]1CC(O)C3)CN(C(=O)C1(C(=O)Nc3ccccc3)CC1)C2. The molecule has 0 radical (unpaired) electrons. The number of benzene rings is 1. The molecule has 3 aliphatic heterocycles. The van der Waals surface area contributed by atoms with E-state index >= 15 is 0 Å². The summed E-state index contributed by atoms with van der Waals surface area (Å²) >= 11 is 0. The van der Waals surface area contributed by atoms with E-state index in [4.69, 9.17) is 0 Å².